The number of allylic oxidation sites excluding steroid dienone is 2. The first-order valence-electron chi connectivity index (χ1n) is 15.9. The Labute approximate surface area is 269 Å². The van der Waals surface area contributed by atoms with Crippen LogP contribution in [-0.2, 0) is 0 Å². The SMILES string of the molecule is C1=CC2Oc3c(c(-c4ccc(-c5nc6ccc7ccc8ccccc8c7c6s5)cc4)c4cccc5c4c3-c3ccccc3-5)C2C=C1. The fourth-order valence-corrected chi connectivity index (χ4v) is 9.32. The molecule has 2 unspecified atom stereocenters. The van der Waals surface area contributed by atoms with Crippen LogP contribution in [0.5, 0.6) is 5.75 Å². The van der Waals surface area contributed by atoms with Gasteiger partial charge in [-0.3, -0.25) is 0 Å². The summed E-state index contributed by atoms with van der Waals surface area (Å²) in [5.41, 5.74) is 11.1. The molecule has 46 heavy (non-hydrogen) atoms. The summed E-state index contributed by atoms with van der Waals surface area (Å²) < 4.78 is 8.09. The van der Waals surface area contributed by atoms with Gasteiger partial charge in [0.1, 0.15) is 16.9 Å². The number of thiazole rings is 1. The molecule has 3 heteroatoms. The Kier molecular flexibility index (Phi) is 4.86. The second-order valence-electron chi connectivity index (χ2n) is 12.5. The maximum absolute atomic E-state index is 6.84. The van der Waals surface area contributed by atoms with Crippen LogP contribution in [0.2, 0.25) is 0 Å². The first-order chi connectivity index (χ1) is 22.8. The third kappa shape index (κ3) is 3.23. The highest BCUT2D eigenvalue weighted by atomic mass is 32.1. The topological polar surface area (TPSA) is 22.1 Å². The van der Waals surface area contributed by atoms with Crippen molar-refractivity contribution in [3.63, 3.8) is 0 Å². The Morgan fingerprint density at radius 2 is 1.30 bits per heavy atom. The third-order valence-corrected chi connectivity index (χ3v) is 11.3. The van der Waals surface area contributed by atoms with Crippen LogP contribution >= 0.6 is 11.3 Å². The first kappa shape index (κ1) is 24.8. The molecule has 2 aliphatic carbocycles. The van der Waals surface area contributed by atoms with Gasteiger partial charge < -0.3 is 4.74 Å². The lowest BCUT2D eigenvalue weighted by Crippen LogP contribution is -2.15. The summed E-state index contributed by atoms with van der Waals surface area (Å²) in [4.78, 5) is 5.14. The van der Waals surface area contributed by atoms with Crippen LogP contribution in [0.4, 0.5) is 0 Å². The minimum atomic E-state index is 0.0101. The Morgan fingerprint density at radius 3 is 2.24 bits per heavy atom. The molecule has 3 aliphatic rings. The number of ether oxygens (including phenoxy) is 1. The molecule has 214 valence electrons. The fraction of sp³-hybridized carbons (Fsp3) is 0.0465. The predicted molar refractivity (Wildman–Crippen MR) is 193 cm³/mol. The number of hydrogen-bond acceptors (Lipinski definition) is 3. The summed E-state index contributed by atoms with van der Waals surface area (Å²) in [5.74, 6) is 1.22. The van der Waals surface area contributed by atoms with Gasteiger partial charge >= 0.3 is 0 Å². The molecule has 1 aromatic heterocycles. The molecule has 0 spiro atoms. The second-order valence-corrected chi connectivity index (χ2v) is 13.5. The summed E-state index contributed by atoms with van der Waals surface area (Å²) in [7, 11) is 0. The number of nitrogens with zero attached hydrogens (tertiary/aromatic N) is 1. The predicted octanol–water partition coefficient (Wildman–Crippen LogP) is 11.7. The molecule has 0 fully saturated rings. The van der Waals surface area contributed by atoms with Crippen molar-refractivity contribution < 1.29 is 4.74 Å². The second kappa shape index (κ2) is 9.03. The molecular formula is C43H25NOS. The molecule has 0 N–H and O–H groups in total. The maximum atomic E-state index is 6.84. The van der Waals surface area contributed by atoms with Crippen LogP contribution in [0.25, 0.3) is 86.5 Å². The molecule has 2 nitrogen and oxygen atoms in total. The van der Waals surface area contributed by atoms with E-state index in [0.29, 0.717) is 0 Å². The van der Waals surface area contributed by atoms with E-state index in [0.717, 1.165) is 21.8 Å². The van der Waals surface area contributed by atoms with Crippen LogP contribution in [0.1, 0.15) is 11.5 Å². The Hall–Kier alpha value is -5.51. The minimum absolute atomic E-state index is 0.0101. The van der Waals surface area contributed by atoms with Gasteiger partial charge in [0, 0.05) is 33.4 Å². The Balaban J connectivity index is 1.11. The van der Waals surface area contributed by atoms with Gasteiger partial charge in [-0.25, -0.2) is 4.98 Å². The van der Waals surface area contributed by atoms with E-state index < -0.39 is 0 Å². The minimum Gasteiger partial charge on any atom is -0.484 e. The summed E-state index contributed by atoms with van der Waals surface area (Å²) in [6.07, 6.45) is 8.81. The monoisotopic (exact) mass is 603 g/mol. The van der Waals surface area contributed by atoms with Gasteiger partial charge in [-0.15, -0.1) is 11.3 Å². The molecule has 2 atom stereocenters. The van der Waals surface area contributed by atoms with Crippen molar-refractivity contribution in [3.8, 4) is 49.7 Å². The summed E-state index contributed by atoms with van der Waals surface area (Å²) in [6, 6.07) is 42.1. The van der Waals surface area contributed by atoms with Crippen molar-refractivity contribution >= 4 is 53.9 Å². The standard InChI is InChI=1S/C43H25NOS/c1-2-9-28-24(8-1)16-17-26-22-23-34-42(37(26)28)46-43(44-34)27-20-18-25(19-21-27)36-33-14-7-13-30-29-10-3-4-11-31(29)39(38(30)33)41-40(36)32-12-5-6-15-35(32)45-41/h1-23,32,35H. The van der Waals surface area contributed by atoms with E-state index in [2.05, 4.69) is 140 Å². The average Bonchev–Trinajstić information content (AvgIpc) is 3.82. The van der Waals surface area contributed by atoms with E-state index in [1.54, 1.807) is 11.3 Å². The van der Waals surface area contributed by atoms with E-state index in [-0.39, 0.29) is 12.0 Å². The fourth-order valence-electron chi connectivity index (χ4n) is 8.18. The van der Waals surface area contributed by atoms with Crippen LogP contribution < -0.4 is 4.74 Å². The highest BCUT2D eigenvalue weighted by Gasteiger charge is 2.40. The lowest BCUT2D eigenvalue weighted by atomic mass is 9.82. The van der Waals surface area contributed by atoms with Crippen LogP contribution in [0.15, 0.2) is 140 Å². The van der Waals surface area contributed by atoms with Crippen molar-refractivity contribution in [1.82, 2.24) is 4.98 Å². The molecular weight excluding hydrogens is 579 g/mol. The lowest BCUT2D eigenvalue weighted by Gasteiger charge is -2.18. The highest BCUT2D eigenvalue weighted by Crippen LogP contribution is 2.60. The average molecular weight is 604 g/mol. The van der Waals surface area contributed by atoms with Gasteiger partial charge in [0.05, 0.1) is 10.2 Å². The van der Waals surface area contributed by atoms with Crippen LogP contribution in [0.3, 0.4) is 0 Å². The smallest absolute Gasteiger partial charge is 0.133 e. The number of benzene rings is 7. The van der Waals surface area contributed by atoms with Crippen molar-refractivity contribution in [2.45, 2.75) is 12.0 Å². The van der Waals surface area contributed by atoms with Crippen LogP contribution in [0, 0.1) is 0 Å². The number of aromatic nitrogens is 1. The molecule has 0 bridgehead atoms. The van der Waals surface area contributed by atoms with Crippen LogP contribution in [-0.4, -0.2) is 11.1 Å². The first-order valence-corrected chi connectivity index (χ1v) is 16.7. The van der Waals surface area contributed by atoms with E-state index in [1.807, 2.05) is 0 Å². The number of fused-ring (bicyclic) bond motifs is 12. The van der Waals surface area contributed by atoms with Gasteiger partial charge in [0.25, 0.3) is 0 Å². The van der Waals surface area contributed by atoms with E-state index in [4.69, 9.17) is 9.72 Å². The lowest BCUT2D eigenvalue weighted by molar-refractivity contribution is 0.270. The summed E-state index contributed by atoms with van der Waals surface area (Å²) in [5, 5.41) is 8.74. The molecule has 7 aromatic carbocycles. The van der Waals surface area contributed by atoms with E-state index in [1.165, 1.54) is 76.0 Å². The molecule has 0 amide bonds. The zero-order valence-corrected chi connectivity index (χ0v) is 25.5. The molecule has 0 saturated carbocycles. The van der Waals surface area contributed by atoms with Crippen molar-refractivity contribution in [2.24, 2.45) is 0 Å². The zero-order chi connectivity index (χ0) is 29.9. The number of rotatable bonds is 2. The molecule has 0 saturated heterocycles. The highest BCUT2D eigenvalue weighted by molar-refractivity contribution is 7.22. The van der Waals surface area contributed by atoms with Crippen molar-refractivity contribution in [1.29, 1.82) is 0 Å². The van der Waals surface area contributed by atoms with Gasteiger partial charge in [0.15, 0.2) is 0 Å². The summed E-state index contributed by atoms with van der Waals surface area (Å²) in [6.45, 7) is 0. The maximum Gasteiger partial charge on any atom is 0.133 e. The third-order valence-electron chi connectivity index (χ3n) is 10.2. The zero-order valence-electron chi connectivity index (χ0n) is 24.7. The van der Waals surface area contributed by atoms with Crippen molar-refractivity contribution in [2.75, 3.05) is 0 Å². The van der Waals surface area contributed by atoms with Crippen molar-refractivity contribution in [3.05, 3.63) is 145 Å². The molecule has 2 heterocycles. The normalized spacial score (nSPS) is 17.1. The van der Waals surface area contributed by atoms with E-state index in [9.17, 15) is 0 Å². The quantitative estimate of drug-likeness (QED) is 0.183. The Bertz CT molecular complexity index is 2680. The molecule has 1 aliphatic heterocycles. The summed E-state index contributed by atoms with van der Waals surface area (Å²) >= 11 is 1.79. The van der Waals surface area contributed by atoms with Gasteiger partial charge in [0.2, 0.25) is 0 Å². The van der Waals surface area contributed by atoms with Gasteiger partial charge in [-0.2, -0.15) is 0 Å². The largest absolute Gasteiger partial charge is 0.484 e. The number of hydrogen-bond donors (Lipinski definition) is 0. The van der Waals surface area contributed by atoms with Gasteiger partial charge in [-0.1, -0.05) is 127 Å². The molecule has 0 radical (unpaired) electrons. The van der Waals surface area contributed by atoms with E-state index >= 15 is 0 Å². The Morgan fingerprint density at radius 1 is 0.565 bits per heavy atom. The molecule has 11 rings (SSSR count). The van der Waals surface area contributed by atoms with Gasteiger partial charge in [-0.05, 0) is 61.5 Å². The molecule has 8 aromatic rings.